The Balaban J connectivity index is 1.62. The predicted molar refractivity (Wildman–Crippen MR) is 101 cm³/mol. The molecule has 2 aromatic carbocycles. The molecule has 4 rings (SSSR count). The molecule has 1 heterocycles. The molecule has 0 saturated heterocycles. The molecule has 3 aromatic rings. The van der Waals surface area contributed by atoms with Crippen LogP contribution in [-0.4, -0.2) is 23.6 Å². The Hall–Kier alpha value is -2.75. The van der Waals surface area contributed by atoms with Crippen LogP contribution in [0.15, 0.2) is 54.7 Å². The van der Waals surface area contributed by atoms with Crippen LogP contribution >= 0.6 is 0 Å². The molecule has 0 spiro atoms. The Kier molecular flexibility index (Phi) is 4.18. The Bertz CT molecular complexity index is 878. The van der Waals surface area contributed by atoms with Crippen molar-refractivity contribution in [2.75, 3.05) is 6.54 Å². The lowest BCUT2D eigenvalue weighted by molar-refractivity contribution is 0.240. The van der Waals surface area contributed by atoms with Crippen molar-refractivity contribution in [3.05, 3.63) is 71.4 Å². The minimum Gasteiger partial charge on any atom is -0.361 e. The first-order valence-electron chi connectivity index (χ1n) is 8.87. The highest BCUT2D eigenvalue weighted by atomic mass is 16.2. The molecular weight excluding hydrogens is 310 g/mol. The fourth-order valence-electron chi connectivity index (χ4n) is 3.25. The van der Waals surface area contributed by atoms with E-state index >= 15 is 0 Å². The maximum atomic E-state index is 12.1. The highest BCUT2D eigenvalue weighted by molar-refractivity contribution is 5.84. The number of amides is 2. The number of carbonyl (C=O) groups is 1. The van der Waals surface area contributed by atoms with Crippen molar-refractivity contribution in [1.82, 2.24) is 15.6 Å². The first-order valence-corrected chi connectivity index (χ1v) is 8.87. The van der Waals surface area contributed by atoms with E-state index in [-0.39, 0.29) is 11.9 Å². The van der Waals surface area contributed by atoms with Crippen molar-refractivity contribution in [3.8, 4) is 0 Å². The molecule has 4 nitrogen and oxygen atoms in total. The summed E-state index contributed by atoms with van der Waals surface area (Å²) in [6.45, 7) is 2.66. The minimum atomic E-state index is -0.0700. The zero-order chi connectivity index (χ0) is 17.2. The van der Waals surface area contributed by atoms with Crippen molar-refractivity contribution in [1.29, 1.82) is 0 Å². The molecule has 0 radical (unpaired) electrons. The molecule has 1 unspecified atom stereocenters. The number of carbonyl (C=O) groups excluding carboxylic acids is 1. The summed E-state index contributed by atoms with van der Waals surface area (Å²) in [5, 5.41) is 7.26. The topological polar surface area (TPSA) is 56.9 Å². The van der Waals surface area contributed by atoms with E-state index in [0.29, 0.717) is 12.6 Å². The maximum Gasteiger partial charge on any atom is 0.315 e. The molecule has 3 N–H and O–H groups in total. The number of aromatic amines is 1. The lowest BCUT2D eigenvalue weighted by atomic mass is 9.90. The summed E-state index contributed by atoms with van der Waals surface area (Å²) in [6.07, 6.45) is 4.25. The Morgan fingerprint density at radius 2 is 1.92 bits per heavy atom. The molecule has 4 heteroatoms. The zero-order valence-corrected chi connectivity index (χ0v) is 14.4. The number of hydrogen-bond donors (Lipinski definition) is 3. The fourth-order valence-corrected chi connectivity index (χ4v) is 3.25. The van der Waals surface area contributed by atoms with Gasteiger partial charge < -0.3 is 15.6 Å². The number of para-hydroxylation sites is 1. The number of urea groups is 1. The third kappa shape index (κ3) is 3.53. The van der Waals surface area contributed by atoms with E-state index in [0.717, 1.165) is 18.4 Å². The van der Waals surface area contributed by atoms with Gasteiger partial charge >= 0.3 is 6.03 Å². The number of rotatable bonds is 5. The van der Waals surface area contributed by atoms with Crippen LogP contribution in [0.2, 0.25) is 0 Å². The summed E-state index contributed by atoms with van der Waals surface area (Å²) in [5.41, 5.74) is 4.78. The van der Waals surface area contributed by atoms with E-state index < -0.39 is 0 Å². The summed E-state index contributed by atoms with van der Waals surface area (Å²) in [5.74, 6) is 0.113. The molecule has 1 aromatic heterocycles. The second kappa shape index (κ2) is 6.63. The van der Waals surface area contributed by atoms with Gasteiger partial charge in [0.1, 0.15) is 0 Å². The molecule has 25 heavy (non-hydrogen) atoms. The molecule has 0 aliphatic heterocycles. The number of hydrogen-bond acceptors (Lipinski definition) is 1. The van der Waals surface area contributed by atoms with Crippen molar-refractivity contribution in [3.63, 3.8) is 0 Å². The molecule has 1 saturated carbocycles. The third-order valence-electron chi connectivity index (χ3n) is 4.86. The molecule has 128 valence electrons. The summed E-state index contributed by atoms with van der Waals surface area (Å²) in [4.78, 5) is 15.4. The van der Waals surface area contributed by atoms with Gasteiger partial charge in [-0.1, -0.05) is 48.0 Å². The molecule has 1 fully saturated rings. The quantitative estimate of drug-likeness (QED) is 0.648. The van der Waals surface area contributed by atoms with Gasteiger partial charge in [-0.25, -0.2) is 4.79 Å². The van der Waals surface area contributed by atoms with Gasteiger partial charge in [-0.15, -0.1) is 0 Å². The number of nitrogens with one attached hydrogen (secondary N) is 3. The van der Waals surface area contributed by atoms with Crippen LogP contribution in [0, 0.1) is 6.92 Å². The van der Waals surface area contributed by atoms with Gasteiger partial charge in [0.05, 0.1) is 0 Å². The third-order valence-corrected chi connectivity index (χ3v) is 4.86. The average Bonchev–Trinajstić information content (AvgIpc) is 3.33. The van der Waals surface area contributed by atoms with E-state index in [1.54, 1.807) is 0 Å². The second-order valence-corrected chi connectivity index (χ2v) is 6.88. The Labute approximate surface area is 147 Å². The van der Waals surface area contributed by atoms with Gasteiger partial charge in [0.25, 0.3) is 0 Å². The molecule has 2 amide bonds. The molecular formula is C21H23N3O. The van der Waals surface area contributed by atoms with Crippen LogP contribution in [0.4, 0.5) is 4.79 Å². The van der Waals surface area contributed by atoms with Crippen LogP contribution < -0.4 is 10.6 Å². The number of fused-ring (bicyclic) bond motifs is 1. The second-order valence-electron chi connectivity index (χ2n) is 6.88. The van der Waals surface area contributed by atoms with Gasteiger partial charge in [-0.3, -0.25) is 0 Å². The van der Waals surface area contributed by atoms with Gasteiger partial charge in [0.15, 0.2) is 0 Å². The number of aryl methyl sites for hydroxylation is 1. The highest BCUT2D eigenvalue weighted by Gasteiger charge is 2.24. The van der Waals surface area contributed by atoms with Gasteiger partial charge in [-0.2, -0.15) is 0 Å². The summed E-state index contributed by atoms with van der Waals surface area (Å²) in [6, 6.07) is 17.2. The molecule has 1 atom stereocenters. The number of aromatic nitrogens is 1. The molecule has 0 bridgehead atoms. The minimum absolute atomic E-state index is 0.0700. The van der Waals surface area contributed by atoms with Gasteiger partial charge in [0.2, 0.25) is 0 Å². The fraction of sp³-hybridized carbons (Fsp3) is 0.286. The van der Waals surface area contributed by atoms with Crippen molar-refractivity contribution >= 4 is 16.9 Å². The van der Waals surface area contributed by atoms with E-state index in [1.807, 2.05) is 6.07 Å². The van der Waals surface area contributed by atoms with Crippen LogP contribution in [0.25, 0.3) is 10.9 Å². The van der Waals surface area contributed by atoms with Crippen LogP contribution in [-0.2, 0) is 0 Å². The highest BCUT2D eigenvalue weighted by Crippen LogP contribution is 2.30. The van der Waals surface area contributed by atoms with Crippen LogP contribution in [0.5, 0.6) is 0 Å². The lowest BCUT2D eigenvalue weighted by Crippen LogP contribution is -2.39. The summed E-state index contributed by atoms with van der Waals surface area (Å²) >= 11 is 0. The maximum absolute atomic E-state index is 12.1. The Morgan fingerprint density at radius 1 is 1.16 bits per heavy atom. The lowest BCUT2D eigenvalue weighted by Gasteiger charge is -2.19. The monoisotopic (exact) mass is 333 g/mol. The van der Waals surface area contributed by atoms with E-state index in [2.05, 4.69) is 71.2 Å². The molecule has 1 aliphatic carbocycles. The Morgan fingerprint density at radius 3 is 2.68 bits per heavy atom. The first kappa shape index (κ1) is 15.8. The molecule has 1 aliphatic rings. The van der Waals surface area contributed by atoms with Gasteiger partial charge in [0, 0.05) is 35.6 Å². The predicted octanol–water partition coefficient (Wildman–Crippen LogP) is 4.07. The van der Waals surface area contributed by atoms with E-state index in [4.69, 9.17) is 0 Å². The first-order chi connectivity index (χ1) is 12.2. The number of benzene rings is 2. The number of H-pyrrole nitrogens is 1. The van der Waals surface area contributed by atoms with Crippen molar-refractivity contribution in [2.45, 2.75) is 31.7 Å². The van der Waals surface area contributed by atoms with Crippen LogP contribution in [0.3, 0.4) is 0 Å². The summed E-state index contributed by atoms with van der Waals surface area (Å²) in [7, 11) is 0. The van der Waals surface area contributed by atoms with E-state index in [1.165, 1.54) is 22.1 Å². The standard InChI is InChI=1S/C21H23N3O/c1-14-6-8-15(9-7-14)18(12-23-21(25)24-16-10-11-16)19-13-22-20-5-3-2-4-17(19)20/h2-9,13,16,18,22H,10-12H2,1H3,(H2,23,24,25). The summed E-state index contributed by atoms with van der Waals surface area (Å²) < 4.78 is 0. The zero-order valence-electron chi connectivity index (χ0n) is 14.4. The largest absolute Gasteiger partial charge is 0.361 e. The van der Waals surface area contributed by atoms with Crippen LogP contribution in [0.1, 0.15) is 35.4 Å². The van der Waals surface area contributed by atoms with Crippen molar-refractivity contribution < 1.29 is 4.79 Å². The smallest absolute Gasteiger partial charge is 0.315 e. The normalized spacial score (nSPS) is 15.1. The van der Waals surface area contributed by atoms with Gasteiger partial charge in [-0.05, 0) is 37.0 Å². The van der Waals surface area contributed by atoms with Crippen molar-refractivity contribution in [2.24, 2.45) is 0 Å². The average molecular weight is 333 g/mol. The SMILES string of the molecule is Cc1ccc(C(CNC(=O)NC2CC2)c2c[nH]c3ccccc23)cc1. The van der Waals surface area contributed by atoms with E-state index in [9.17, 15) is 4.79 Å².